The first kappa shape index (κ1) is 15.2. The monoisotopic (exact) mass is 282 g/mol. The lowest BCUT2D eigenvalue weighted by Gasteiger charge is -2.12. The number of nitrogens with one attached hydrogen (secondary N) is 1. The highest BCUT2D eigenvalue weighted by Crippen LogP contribution is 2.09. The fourth-order valence-corrected chi connectivity index (χ4v) is 1.99. The normalized spacial score (nSPS) is 12.1. The molecule has 0 unspecified atom stereocenters. The molecule has 0 aliphatic rings. The van der Waals surface area contributed by atoms with Crippen LogP contribution >= 0.6 is 0 Å². The van der Waals surface area contributed by atoms with Gasteiger partial charge in [0.05, 0.1) is 6.26 Å². The molecule has 5 nitrogen and oxygen atoms in total. The molecule has 0 amide bonds. The maximum atomic E-state index is 12.2. The molecule has 104 valence electrons. The van der Waals surface area contributed by atoms with E-state index in [9.17, 15) is 13.2 Å². The Kier molecular flexibility index (Phi) is 4.72. The number of Topliss-reactive ketones (excluding diaryl/α,β-unsaturated/α-hetero) is 1. The Balaban J connectivity index is 3.11. The van der Waals surface area contributed by atoms with Crippen molar-refractivity contribution in [2.24, 2.45) is 0 Å². The van der Waals surface area contributed by atoms with Crippen LogP contribution in [0.1, 0.15) is 15.9 Å². The molecule has 0 aromatic heterocycles. The van der Waals surface area contributed by atoms with Gasteiger partial charge in [0.25, 0.3) is 0 Å². The van der Waals surface area contributed by atoms with Gasteiger partial charge in [-0.2, -0.15) is 0 Å². The van der Waals surface area contributed by atoms with Crippen molar-refractivity contribution in [2.45, 2.75) is 6.92 Å². The average molecular weight is 282 g/mol. The third-order valence-electron chi connectivity index (χ3n) is 2.24. The molecule has 6 heteroatoms. The molecule has 0 saturated heterocycles. The van der Waals surface area contributed by atoms with Crippen LogP contribution in [-0.4, -0.2) is 39.5 Å². The molecule has 1 rings (SSSR count). The van der Waals surface area contributed by atoms with Crippen LogP contribution in [0.2, 0.25) is 0 Å². The van der Waals surface area contributed by atoms with Crippen LogP contribution in [0.5, 0.6) is 0 Å². The van der Waals surface area contributed by atoms with E-state index < -0.39 is 10.0 Å². The Hall–Kier alpha value is -1.82. The van der Waals surface area contributed by atoms with E-state index >= 15 is 0 Å². The second-order valence-corrected chi connectivity index (χ2v) is 6.32. The molecular weight excluding hydrogens is 264 g/mol. The molecule has 0 radical (unpaired) electrons. The van der Waals surface area contributed by atoms with Crippen molar-refractivity contribution in [1.82, 2.24) is 9.62 Å². The van der Waals surface area contributed by atoms with Gasteiger partial charge in [-0.05, 0) is 6.92 Å². The van der Waals surface area contributed by atoms with Crippen molar-refractivity contribution in [3.05, 3.63) is 47.3 Å². The van der Waals surface area contributed by atoms with Crippen LogP contribution < -0.4 is 4.72 Å². The van der Waals surface area contributed by atoms with Gasteiger partial charge in [0.15, 0.2) is 0 Å². The van der Waals surface area contributed by atoms with Crippen molar-refractivity contribution in [3.63, 3.8) is 0 Å². The predicted octanol–water partition coefficient (Wildman–Crippen LogP) is 1.13. The van der Waals surface area contributed by atoms with Gasteiger partial charge in [-0.15, -0.1) is 0 Å². The molecule has 0 aliphatic carbocycles. The van der Waals surface area contributed by atoms with Crippen LogP contribution in [-0.2, 0) is 10.0 Å². The van der Waals surface area contributed by atoms with E-state index in [0.717, 1.165) is 11.8 Å². The summed E-state index contributed by atoms with van der Waals surface area (Å²) >= 11 is 0. The van der Waals surface area contributed by atoms with Crippen molar-refractivity contribution in [2.75, 3.05) is 20.4 Å². The molecule has 0 bridgehead atoms. The van der Waals surface area contributed by atoms with Gasteiger partial charge in [0.2, 0.25) is 15.8 Å². The van der Waals surface area contributed by atoms with Crippen LogP contribution in [0.4, 0.5) is 0 Å². The summed E-state index contributed by atoms with van der Waals surface area (Å²) in [5.74, 6) is -0.362. The van der Waals surface area contributed by atoms with Crippen molar-refractivity contribution in [1.29, 1.82) is 0 Å². The van der Waals surface area contributed by atoms with Gasteiger partial charge >= 0.3 is 0 Å². The molecule has 0 aliphatic heterocycles. The number of hydrogen-bond donors (Lipinski definition) is 1. The highest BCUT2D eigenvalue weighted by molar-refractivity contribution is 7.88. The summed E-state index contributed by atoms with van der Waals surface area (Å²) in [5, 5.41) is 0. The summed E-state index contributed by atoms with van der Waals surface area (Å²) in [6.07, 6.45) is 2.46. The minimum atomic E-state index is -3.50. The maximum absolute atomic E-state index is 12.2. The van der Waals surface area contributed by atoms with Gasteiger partial charge in [0, 0.05) is 25.9 Å². The number of benzene rings is 1. The maximum Gasteiger partial charge on any atom is 0.229 e. The second-order valence-electron chi connectivity index (χ2n) is 4.58. The molecule has 1 aromatic rings. The zero-order chi connectivity index (χ0) is 14.6. The zero-order valence-corrected chi connectivity index (χ0v) is 12.3. The summed E-state index contributed by atoms with van der Waals surface area (Å²) in [6, 6.07) is 6.96. The summed E-state index contributed by atoms with van der Waals surface area (Å²) in [6.45, 7) is 1.92. The minimum absolute atomic E-state index is 0.0244. The number of carbonyl (C=O) groups is 1. The number of allylic oxidation sites excluding steroid dienone is 1. The van der Waals surface area contributed by atoms with Crippen LogP contribution in [0, 0.1) is 6.92 Å². The van der Waals surface area contributed by atoms with Gasteiger partial charge in [-0.1, -0.05) is 29.8 Å². The Morgan fingerprint density at radius 3 is 2.16 bits per heavy atom. The van der Waals surface area contributed by atoms with Crippen molar-refractivity contribution < 1.29 is 13.2 Å². The summed E-state index contributed by atoms with van der Waals surface area (Å²) in [5.41, 5.74) is 1.50. The van der Waals surface area contributed by atoms with E-state index in [4.69, 9.17) is 0 Å². The quantitative estimate of drug-likeness (QED) is 0.649. The van der Waals surface area contributed by atoms with Crippen LogP contribution in [0.3, 0.4) is 0 Å². The van der Waals surface area contributed by atoms with E-state index in [1.807, 2.05) is 6.92 Å². The van der Waals surface area contributed by atoms with E-state index in [0.29, 0.717) is 5.56 Å². The first-order valence-electron chi connectivity index (χ1n) is 5.66. The third kappa shape index (κ3) is 5.13. The smallest absolute Gasteiger partial charge is 0.229 e. The lowest BCUT2D eigenvalue weighted by molar-refractivity contribution is 0.102. The summed E-state index contributed by atoms with van der Waals surface area (Å²) in [7, 11) is -0.0666. The fraction of sp³-hybridized carbons (Fsp3) is 0.308. The molecule has 0 heterocycles. The largest absolute Gasteiger partial charge is 0.382 e. The third-order valence-corrected chi connectivity index (χ3v) is 2.83. The van der Waals surface area contributed by atoms with E-state index in [2.05, 4.69) is 4.72 Å². The fourth-order valence-electron chi connectivity index (χ4n) is 1.45. The number of hydrogen-bond acceptors (Lipinski definition) is 4. The van der Waals surface area contributed by atoms with E-state index in [-0.39, 0.29) is 11.5 Å². The molecule has 0 atom stereocenters. The Morgan fingerprint density at radius 1 is 1.21 bits per heavy atom. The van der Waals surface area contributed by atoms with Crippen molar-refractivity contribution >= 4 is 15.8 Å². The SMILES string of the molecule is Cc1ccc(C(=O)/C(=C\N(C)C)NS(C)(=O)=O)cc1. The topological polar surface area (TPSA) is 66.5 Å². The molecule has 1 N–H and O–H groups in total. The van der Waals surface area contributed by atoms with Crippen LogP contribution in [0.25, 0.3) is 0 Å². The predicted molar refractivity (Wildman–Crippen MR) is 75.3 cm³/mol. The van der Waals surface area contributed by atoms with Gasteiger partial charge in [0.1, 0.15) is 5.70 Å². The second kappa shape index (κ2) is 5.88. The zero-order valence-electron chi connectivity index (χ0n) is 11.5. The summed E-state index contributed by atoms with van der Waals surface area (Å²) < 4.78 is 24.8. The summed E-state index contributed by atoms with van der Waals surface area (Å²) in [4.78, 5) is 13.9. The van der Waals surface area contributed by atoms with Crippen LogP contribution in [0.15, 0.2) is 36.2 Å². The molecule has 0 spiro atoms. The highest BCUT2D eigenvalue weighted by atomic mass is 32.2. The van der Waals surface area contributed by atoms with E-state index in [1.54, 1.807) is 43.3 Å². The Morgan fingerprint density at radius 2 is 1.74 bits per heavy atom. The number of carbonyl (C=O) groups excluding carboxylic acids is 1. The number of aryl methyl sites for hydroxylation is 1. The molecule has 0 saturated carbocycles. The van der Waals surface area contributed by atoms with Gasteiger partial charge in [-0.3, -0.25) is 9.52 Å². The average Bonchev–Trinajstić information content (AvgIpc) is 2.25. The number of nitrogens with zero attached hydrogens (tertiary/aromatic N) is 1. The Bertz CT molecular complexity index is 587. The molecule has 1 aromatic carbocycles. The number of sulfonamides is 1. The molecule has 19 heavy (non-hydrogen) atoms. The van der Waals surface area contributed by atoms with E-state index in [1.165, 1.54) is 6.20 Å². The Labute approximate surface area is 114 Å². The lowest BCUT2D eigenvalue weighted by atomic mass is 10.1. The number of rotatable bonds is 5. The highest BCUT2D eigenvalue weighted by Gasteiger charge is 2.16. The van der Waals surface area contributed by atoms with Crippen molar-refractivity contribution in [3.8, 4) is 0 Å². The van der Waals surface area contributed by atoms with Gasteiger partial charge < -0.3 is 4.90 Å². The minimum Gasteiger partial charge on any atom is -0.382 e. The lowest BCUT2D eigenvalue weighted by Crippen LogP contribution is -2.28. The molecular formula is C13H18N2O3S. The first-order valence-corrected chi connectivity index (χ1v) is 7.55. The standard InChI is InChI=1S/C13H18N2O3S/c1-10-5-7-11(8-6-10)13(16)12(9-15(2)3)14-19(4,17)18/h5-9,14H,1-4H3/b12-9+. The van der Waals surface area contributed by atoms with Gasteiger partial charge in [-0.25, -0.2) is 8.42 Å². The molecule has 0 fully saturated rings. The first-order chi connectivity index (χ1) is 8.69. The number of ketones is 1.